The predicted octanol–water partition coefficient (Wildman–Crippen LogP) is 2.69. The zero-order chi connectivity index (χ0) is 12.3. The number of aromatic nitrogens is 1. The Balaban J connectivity index is 2.16. The Morgan fingerprint density at radius 2 is 2.35 bits per heavy atom. The van der Waals surface area contributed by atoms with Crippen molar-refractivity contribution in [1.82, 2.24) is 4.98 Å². The molecule has 0 aliphatic heterocycles. The first-order chi connectivity index (χ1) is 8.19. The molecule has 0 saturated carbocycles. The first-order valence-electron chi connectivity index (χ1n) is 4.99. The van der Waals surface area contributed by atoms with Gasteiger partial charge in [-0.3, -0.25) is 4.79 Å². The number of anilines is 1. The minimum atomic E-state index is -0.162. The first-order valence-corrected chi connectivity index (χ1v) is 5.81. The van der Waals surface area contributed by atoms with Gasteiger partial charge in [-0.2, -0.15) is 0 Å². The SMILES string of the molecule is C#Cc1cccc(NC(=O)c2cnc(C)s2)c1. The Morgan fingerprint density at radius 1 is 1.53 bits per heavy atom. The lowest BCUT2D eigenvalue weighted by Crippen LogP contribution is -2.10. The third kappa shape index (κ3) is 2.71. The second kappa shape index (κ2) is 4.81. The van der Waals surface area contributed by atoms with E-state index in [0.29, 0.717) is 10.6 Å². The molecule has 2 aromatic rings. The summed E-state index contributed by atoms with van der Waals surface area (Å²) < 4.78 is 0. The van der Waals surface area contributed by atoms with Crippen LogP contribution in [-0.2, 0) is 0 Å². The van der Waals surface area contributed by atoms with E-state index in [1.54, 1.807) is 18.3 Å². The second-order valence-corrected chi connectivity index (χ2v) is 4.66. The number of hydrogen-bond donors (Lipinski definition) is 1. The number of terminal acetylenes is 1. The van der Waals surface area contributed by atoms with E-state index in [1.807, 2.05) is 19.1 Å². The summed E-state index contributed by atoms with van der Waals surface area (Å²) in [7, 11) is 0. The Morgan fingerprint density at radius 3 is 3.00 bits per heavy atom. The van der Waals surface area contributed by atoms with Gasteiger partial charge >= 0.3 is 0 Å². The van der Waals surface area contributed by atoms with Gasteiger partial charge in [0.05, 0.1) is 11.2 Å². The molecule has 0 bridgehead atoms. The molecule has 0 aliphatic carbocycles. The van der Waals surface area contributed by atoms with Crippen molar-refractivity contribution >= 4 is 22.9 Å². The molecular formula is C13H10N2OS. The summed E-state index contributed by atoms with van der Waals surface area (Å²) in [5.41, 5.74) is 1.43. The van der Waals surface area contributed by atoms with Crippen LogP contribution >= 0.6 is 11.3 Å². The van der Waals surface area contributed by atoms with E-state index in [9.17, 15) is 4.79 Å². The Kier molecular flexibility index (Phi) is 3.22. The van der Waals surface area contributed by atoms with Crippen LogP contribution in [0.3, 0.4) is 0 Å². The van der Waals surface area contributed by atoms with Gasteiger partial charge in [-0.15, -0.1) is 17.8 Å². The van der Waals surface area contributed by atoms with Crippen LogP contribution in [0, 0.1) is 19.3 Å². The molecule has 1 N–H and O–H groups in total. The minimum absolute atomic E-state index is 0.162. The van der Waals surface area contributed by atoms with Crippen LogP contribution in [0.1, 0.15) is 20.2 Å². The molecule has 17 heavy (non-hydrogen) atoms. The third-order valence-electron chi connectivity index (χ3n) is 2.13. The molecule has 0 atom stereocenters. The highest BCUT2D eigenvalue weighted by atomic mass is 32.1. The molecule has 4 heteroatoms. The van der Waals surface area contributed by atoms with Gasteiger partial charge in [-0.05, 0) is 25.1 Å². The summed E-state index contributed by atoms with van der Waals surface area (Å²) in [5, 5.41) is 3.65. The van der Waals surface area contributed by atoms with Gasteiger partial charge in [0.25, 0.3) is 5.91 Å². The fraction of sp³-hybridized carbons (Fsp3) is 0.0769. The van der Waals surface area contributed by atoms with E-state index in [0.717, 1.165) is 10.6 Å². The van der Waals surface area contributed by atoms with E-state index in [-0.39, 0.29) is 5.91 Å². The monoisotopic (exact) mass is 242 g/mol. The molecule has 0 aliphatic rings. The lowest BCUT2D eigenvalue weighted by atomic mass is 10.2. The van der Waals surface area contributed by atoms with Crippen molar-refractivity contribution in [3.63, 3.8) is 0 Å². The van der Waals surface area contributed by atoms with E-state index in [2.05, 4.69) is 16.2 Å². The molecular weight excluding hydrogens is 232 g/mol. The predicted molar refractivity (Wildman–Crippen MR) is 69.2 cm³/mol. The molecule has 3 nitrogen and oxygen atoms in total. The smallest absolute Gasteiger partial charge is 0.267 e. The quantitative estimate of drug-likeness (QED) is 0.823. The Labute approximate surface area is 104 Å². The average Bonchev–Trinajstić information content (AvgIpc) is 2.76. The highest BCUT2D eigenvalue weighted by Gasteiger charge is 2.09. The van der Waals surface area contributed by atoms with Crippen LogP contribution in [0.5, 0.6) is 0 Å². The van der Waals surface area contributed by atoms with E-state index < -0.39 is 0 Å². The van der Waals surface area contributed by atoms with Gasteiger partial charge in [0, 0.05) is 11.3 Å². The zero-order valence-corrected chi connectivity index (χ0v) is 10.0. The number of carbonyl (C=O) groups excluding carboxylic acids is 1. The van der Waals surface area contributed by atoms with Gasteiger partial charge in [-0.1, -0.05) is 12.0 Å². The molecule has 2 rings (SSSR count). The number of thiazole rings is 1. The summed E-state index contributed by atoms with van der Waals surface area (Å²) in [4.78, 5) is 16.5. The van der Waals surface area contributed by atoms with Gasteiger partial charge in [-0.25, -0.2) is 4.98 Å². The van der Waals surface area contributed by atoms with Crippen molar-refractivity contribution in [2.45, 2.75) is 6.92 Å². The lowest BCUT2D eigenvalue weighted by Gasteiger charge is -2.03. The van der Waals surface area contributed by atoms with Crippen LogP contribution in [0.4, 0.5) is 5.69 Å². The fourth-order valence-corrected chi connectivity index (χ4v) is 2.02. The molecule has 0 fully saturated rings. The van der Waals surface area contributed by atoms with E-state index in [4.69, 9.17) is 6.42 Å². The van der Waals surface area contributed by atoms with Crippen LogP contribution in [0.15, 0.2) is 30.5 Å². The van der Waals surface area contributed by atoms with Gasteiger partial charge in [0.15, 0.2) is 0 Å². The van der Waals surface area contributed by atoms with Crippen molar-refractivity contribution in [3.05, 3.63) is 45.9 Å². The molecule has 1 heterocycles. The van der Waals surface area contributed by atoms with Crippen molar-refractivity contribution in [2.75, 3.05) is 5.32 Å². The maximum Gasteiger partial charge on any atom is 0.267 e. The van der Waals surface area contributed by atoms with Crippen LogP contribution in [-0.4, -0.2) is 10.9 Å². The summed E-state index contributed by atoms with van der Waals surface area (Å²) >= 11 is 1.36. The van der Waals surface area contributed by atoms with Crippen LogP contribution < -0.4 is 5.32 Å². The van der Waals surface area contributed by atoms with E-state index >= 15 is 0 Å². The standard InChI is InChI=1S/C13H10N2OS/c1-3-10-5-4-6-11(7-10)15-13(16)12-8-14-9(2)17-12/h1,4-8H,2H3,(H,15,16). The number of nitrogens with zero attached hydrogens (tertiary/aromatic N) is 1. The van der Waals surface area contributed by atoms with Gasteiger partial charge < -0.3 is 5.32 Å². The summed E-state index contributed by atoms with van der Waals surface area (Å²) in [6, 6.07) is 7.17. The van der Waals surface area contributed by atoms with Crippen molar-refractivity contribution in [3.8, 4) is 12.3 Å². The normalized spacial score (nSPS) is 9.65. The number of amides is 1. The minimum Gasteiger partial charge on any atom is -0.321 e. The van der Waals surface area contributed by atoms with Gasteiger partial charge in [0.2, 0.25) is 0 Å². The number of rotatable bonds is 2. The third-order valence-corrected chi connectivity index (χ3v) is 3.04. The molecule has 84 valence electrons. The van der Waals surface area contributed by atoms with E-state index in [1.165, 1.54) is 11.3 Å². The van der Waals surface area contributed by atoms with Crippen molar-refractivity contribution in [1.29, 1.82) is 0 Å². The fourth-order valence-electron chi connectivity index (χ4n) is 1.35. The highest BCUT2D eigenvalue weighted by Crippen LogP contribution is 2.15. The molecule has 1 aromatic carbocycles. The number of aryl methyl sites for hydroxylation is 1. The number of carbonyl (C=O) groups is 1. The number of benzene rings is 1. The van der Waals surface area contributed by atoms with Crippen molar-refractivity contribution in [2.24, 2.45) is 0 Å². The summed E-state index contributed by atoms with van der Waals surface area (Å²) in [6.45, 7) is 1.86. The number of hydrogen-bond acceptors (Lipinski definition) is 3. The van der Waals surface area contributed by atoms with Crippen molar-refractivity contribution < 1.29 is 4.79 Å². The van der Waals surface area contributed by atoms with Crippen LogP contribution in [0.2, 0.25) is 0 Å². The summed E-state index contributed by atoms with van der Waals surface area (Å²) in [5.74, 6) is 2.36. The Bertz CT molecular complexity index is 595. The maximum atomic E-state index is 11.8. The molecule has 0 unspecified atom stereocenters. The van der Waals surface area contributed by atoms with Crippen LogP contribution in [0.25, 0.3) is 0 Å². The lowest BCUT2D eigenvalue weighted by molar-refractivity contribution is 0.103. The second-order valence-electron chi connectivity index (χ2n) is 3.42. The summed E-state index contributed by atoms with van der Waals surface area (Å²) in [6.07, 6.45) is 6.86. The average molecular weight is 242 g/mol. The largest absolute Gasteiger partial charge is 0.321 e. The molecule has 0 radical (unpaired) electrons. The molecule has 1 aromatic heterocycles. The maximum absolute atomic E-state index is 11.8. The molecule has 0 saturated heterocycles. The molecule has 0 spiro atoms. The molecule has 1 amide bonds. The Hall–Kier alpha value is -2.12. The topological polar surface area (TPSA) is 42.0 Å². The zero-order valence-electron chi connectivity index (χ0n) is 9.23. The highest BCUT2D eigenvalue weighted by molar-refractivity contribution is 7.13. The first kappa shape index (κ1) is 11.4. The number of nitrogens with one attached hydrogen (secondary N) is 1. The van der Waals surface area contributed by atoms with Gasteiger partial charge in [0.1, 0.15) is 4.88 Å².